The van der Waals surface area contributed by atoms with Crippen LogP contribution in [0.2, 0.25) is 0 Å². The van der Waals surface area contributed by atoms with Crippen molar-refractivity contribution < 1.29 is 4.79 Å². The highest BCUT2D eigenvalue weighted by Gasteiger charge is 2.16. The largest absolute Gasteiger partial charge is 0.344 e. The molecule has 0 rings (SSSR count). The molecule has 0 bridgehead atoms. The SMILES string of the molecule is CCN(C)C(=O)C(C)NC(=NC)NN. The number of amides is 1. The van der Waals surface area contributed by atoms with Gasteiger partial charge in [-0.15, -0.1) is 0 Å². The highest BCUT2D eigenvalue weighted by molar-refractivity contribution is 5.88. The van der Waals surface area contributed by atoms with Gasteiger partial charge in [0.25, 0.3) is 0 Å². The molecule has 0 saturated heterocycles. The first-order valence-corrected chi connectivity index (χ1v) is 4.51. The van der Waals surface area contributed by atoms with Gasteiger partial charge in [0.05, 0.1) is 0 Å². The Morgan fingerprint density at radius 2 is 2.21 bits per heavy atom. The Balaban J connectivity index is 4.20. The van der Waals surface area contributed by atoms with Crippen molar-refractivity contribution in [2.45, 2.75) is 19.9 Å². The number of hydrogen-bond donors (Lipinski definition) is 3. The molecular formula is C8H19N5O. The van der Waals surface area contributed by atoms with E-state index in [2.05, 4.69) is 15.7 Å². The highest BCUT2D eigenvalue weighted by Crippen LogP contribution is 1.90. The van der Waals surface area contributed by atoms with E-state index < -0.39 is 0 Å². The van der Waals surface area contributed by atoms with E-state index in [1.54, 1.807) is 25.9 Å². The van der Waals surface area contributed by atoms with Gasteiger partial charge in [-0.3, -0.25) is 15.2 Å². The van der Waals surface area contributed by atoms with Crippen LogP contribution in [0, 0.1) is 0 Å². The van der Waals surface area contributed by atoms with Gasteiger partial charge in [0.1, 0.15) is 6.04 Å². The van der Waals surface area contributed by atoms with Crippen molar-refractivity contribution >= 4 is 11.9 Å². The number of hydrazine groups is 1. The Kier molecular flexibility index (Phi) is 5.62. The molecule has 4 N–H and O–H groups in total. The van der Waals surface area contributed by atoms with Crippen LogP contribution in [-0.4, -0.2) is 43.4 Å². The lowest BCUT2D eigenvalue weighted by atomic mass is 10.3. The van der Waals surface area contributed by atoms with E-state index in [1.807, 2.05) is 6.92 Å². The van der Waals surface area contributed by atoms with Crippen molar-refractivity contribution in [2.75, 3.05) is 20.6 Å². The molecule has 1 atom stereocenters. The van der Waals surface area contributed by atoms with Crippen LogP contribution in [0.25, 0.3) is 0 Å². The number of likely N-dealkylation sites (N-methyl/N-ethyl adjacent to an activating group) is 1. The number of nitrogens with zero attached hydrogens (tertiary/aromatic N) is 2. The van der Waals surface area contributed by atoms with Gasteiger partial charge in [0.15, 0.2) is 0 Å². The lowest BCUT2D eigenvalue weighted by molar-refractivity contribution is -0.131. The van der Waals surface area contributed by atoms with Crippen LogP contribution in [0.5, 0.6) is 0 Å². The average Bonchev–Trinajstić information content (AvgIpc) is 2.23. The van der Waals surface area contributed by atoms with E-state index in [0.29, 0.717) is 12.5 Å². The number of aliphatic imine (C=N–C) groups is 1. The molecule has 6 heteroatoms. The van der Waals surface area contributed by atoms with Gasteiger partial charge < -0.3 is 10.2 Å². The molecule has 0 radical (unpaired) electrons. The van der Waals surface area contributed by atoms with Crippen LogP contribution in [-0.2, 0) is 4.79 Å². The smallest absolute Gasteiger partial charge is 0.244 e. The normalized spacial score (nSPS) is 13.4. The van der Waals surface area contributed by atoms with Crippen molar-refractivity contribution in [3.8, 4) is 0 Å². The summed E-state index contributed by atoms with van der Waals surface area (Å²) < 4.78 is 0. The molecule has 1 unspecified atom stereocenters. The number of nitrogens with one attached hydrogen (secondary N) is 2. The van der Waals surface area contributed by atoms with Gasteiger partial charge >= 0.3 is 0 Å². The maximum atomic E-state index is 11.6. The number of carbonyl (C=O) groups excluding carboxylic acids is 1. The summed E-state index contributed by atoms with van der Waals surface area (Å²) in [5.41, 5.74) is 2.36. The topological polar surface area (TPSA) is 82.8 Å². The Bertz CT molecular complexity index is 216. The predicted octanol–water partition coefficient (Wildman–Crippen LogP) is -1.11. The van der Waals surface area contributed by atoms with Gasteiger partial charge in [-0.1, -0.05) is 0 Å². The van der Waals surface area contributed by atoms with Gasteiger partial charge in [-0.05, 0) is 13.8 Å². The summed E-state index contributed by atoms with van der Waals surface area (Å²) in [7, 11) is 3.34. The molecule has 0 aromatic heterocycles. The molecule has 0 aliphatic heterocycles. The van der Waals surface area contributed by atoms with Gasteiger partial charge in [0, 0.05) is 20.6 Å². The molecule has 0 heterocycles. The maximum absolute atomic E-state index is 11.6. The molecule has 0 aliphatic rings. The summed E-state index contributed by atoms with van der Waals surface area (Å²) in [6.45, 7) is 4.36. The summed E-state index contributed by atoms with van der Waals surface area (Å²) in [5.74, 6) is 5.57. The third-order valence-electron chi connectivity index (χ3n) is 1.93. The van der Waals surface area contributed by atoms with Crippen LogP contribution in [0.15, 0.2) is 4.99 Å². The Hall–Kier alpha value is -1.30. The Labute approximate surface area is 84.5 Å². The summed E-state index contributed by atoms with van der Waals surface area (Å²) in [6.07, 6.45) is 0. The van der Waals surface area contributed by atoms with Crippen LogP contribution < -0.4 is 16.6 Å². The van der Waals surface area contributed by atoms with Crippen LogP contribution in [0.3, 0.4) is 0 Å². The maximum Gasteiger partial charge on any atom is 0.244 e. The van der Waals surface area contributed by atoms with Gasteiger partial charge in [-0.25, -0.2) is 5.84 Å². The zero-order valence-electron chi connectivity index (χ0n) is 9.16. The first-order chi connectivity index (χ1) is 6.56. The molecular weight excluding hydrogens is 182 g/mol. The lowest BCUT2D eigenvalue weighted by Gasteiger charge is -2.21. The molecule has 0 fully saturated rings. The van der Waals surface area contributed by atoms with Crippen molar-refractivity contribution in [3.63, 3.8) is 0 Å². The fraction of sp³-hybridized carbons (Fsp3) is 0.750. The minimum atomic E-state index is -0.338. The van der Waals surface area contributed by atoms with E-state index in [-0.39, 0.29) is 11.9 Å². The summed E-state index contributed by atoms with van der Waals surface area (Å²) in [4.78, 5) is 17.0. The van der Waals surface area contributed by atoms with Crippen LogP contribution in [0.1, 0.15) is 13.8 Å². The molecule has 6 nitrogen and oxygen atoms in total. The molecule has 82 valence electrons. The second kappa shape index (κ2) is 6.20. The van der Waals surface area contributed by atoms with Crippen LogP contribution in [0.4, 0.5) is 0 Å². The molecule has 14 heavy (non-hydrogen) atoms. The highest BCUT2D eigenvalue weighted by atomic mass is 16.2. The van der Waals surface area contributed by atoms with E-state index in [1.165, 1.54) is 0 Å². The number of carbonyl (C=O) groups is 1. The van der Waals surface area contributed by atoms with Crippen molar-refractivity contribution in [1.82, 2.24) is 15.6 Å². The first-order valence-electron chi connectivity index (χ1n) is 4.51. The number of rotatable bonds is 3. The summed E-state index contributed by atoms with van der Waals surface area (Å²) >= 11 is 0. The second-order valence-electron chi connectivity index (χ2n) is 2.93. The van der Waals surface area contributed by atoms with E-state index >= 15 is 0 Å². The third-order valence-corrected chi connectivity index (χ3v) is 1.93. The van der Waals surface area contributed by atoms with Crippen molar-refractivity contribution in [2.24, 2.45) is 10.8 Å². The first kappa shape index (κ1) is 12.7. The van der Waals surface area contributed by atoms with E-state index in [0.717, 1.165) is 0 Å². The summed E-state index contributed by atoms with van der Waals surface area (Å²) in [6, 6.07) is -0.338. The molecule has 0 spiro atoms. The number of hydrogen-bond acceptors (Lipinski definition) is 3. The Morgan fingerprint density at radius 1 is 1.64 bits per heavy atom. The molecule has 0 aromatic rings. The number of guanidine groups is 1. The average molecular weight is 201 g/mol. The fourth-order valence-electron chi connectivity index (χ4n) is 0.924. The summed E-state index contributed by atoms with van der Waals surface area (Å²) in [5, 5.41) is 2.85. The molecule has 0 aromatic carbocycles. The molecule has 0 aliphatic carbocycles. The predicted molar refractivity (Wildman–Crippen MR) is 56.6 cm³/mol. The van der Waals surface area contributed by atoms with E-state index in [4.69, 9.17) is 5.84 Å². The van der Waals surface area contributed by atoms with Gasteiger partial charge in [-0.2, -0.15) is 0 Å². The van der Waals surface area contributed by atoms with Crippen LogP contribution >= 0.6 is 0 Å². The van der Waals surface area contributed by atoms with Gasteiger partial charge in [0.2, 0.25) is 11.9 Å². The zero-order chi connectivity index (χ0) is 11.1. The van der Waals surface area contributed by atoms with Crippen molar-refractivity contribution in [3.05, 3.63) is 0 Å². The Morgan fingerprint density at radius 3 is 2.57 bits per heavy atom. The van der Waals surface area contributed by atoms with E-state index in [9.17, 15) is 4.79 Å². The lowest BCUT2D eigenvalue weighted by Crippen LogP contribution is -2.51. The zero-order valence-corrected chi connectivity index (χ0v) is 9.16. The monoisotopic (exact) mass is 201 g/mol. The molecule has 1 amide bonds. The minimum Gasteiger partial charge on any atom is -0.344 e. The molecule has 0 saturated carbocycles. The van der Waals surface area contributed by atoms with Crippen molar-refractivity contribution in [1.29, 1.82) is 0 Å². The quantitative estimate of drug-likeness (QED) is 0.234. The standard InChI is InChI=1S/C8H19N5O/c1-5-13(4)7(14)6(2)11-8(10-3)12-9/h6H,5,9H2,1-4H3,(H2,10,11,12). The minimum absolute atomic E-state index is 0.00361. The second-order valence-corrected chi connectivity index (χ2v) is 2.93. The third kappa shape index (κ3) is 3.61. The number of nitrogens with two attached hydrogens (primary N) is 1. The fourth-order valence-corrected chi connectivity index (χ4v) is 0.924.